The first-order valence-electron chi connectivity index (χ1n) is 17.3. The summed E-state index contributed by atoms with van der Waals surface area (Å²) >= 11 is 17.6. The summed E-state index contributed by atoms with van der Waals surface area (Å²) in [5.74, 6) is -1.10. The van der Waals surface area contributed by atoms with Crippen molar-refractivity contribution in [1.82, 2.24) is 29.9 Å². The topological polar surface area (TPSA) is 355 Å². The molecule has 4 heterocycles. The van der Waals surface area contributed by atoms with Gasteiger partial charge in [-0.25, -0.2) is 19.9 Å². The maximum atomic E-state index is 11.7. The van der Waals surface area contributed by atoms with Crippen molar-refractivity contribution in [2.45, 2.75) is 25.9 Å². The summed E-state index contributed by atoms with van der Waals surface area (Å²) in [6.45, 7) is 3.09. The predicted molar refractivity (Wildman–Crippen MR) is 231 cm³/mol. The van der Waals surface area contributed by atoms with E-state index < -0.39 is 35.7 Å². The van der Waals surface area contributed by atoms with Crippen LogP contribution >= 0.6 is 34.8 Å². The normalized spacial score (nSPS) is 11.3. The van der Waals surface area contributed by atoms with Gasteiger partial charge in [0.25, 0.3) is 11.8 Å². The van der Waals surface area contributed by atoms with E-state index in [-0.39, 0.29) is 40.1 Å². The number of aromatic nitrogens is 6. The summed E-state index contributed by atoms with van der Waals surface area (Å²) in [4.78, 5) is 68.1. The Hall–Kier alpha value is -7.55. The number of amides is 4. The van der Waals surface area contributed by atoms with Crippen LogP contribution in [0.25, 0.3) is 22.3 Å². The molecule has 6 rings (SSSR count). The highest BCUT2D eigenvalue weighted by molar-refractivity contribution is 6.31. The fraction of sp³-hybridized carbons (Fsp3) is 0.105. The Kier molecular flexibility index (Phi) is 15.8. The first-order valence-corrected chi connectivity index (χ1v) is 18.5. The first kappa shape index (κ1) is 46.1. The third-order valence-electron chi connectivity index (χ3n) is 7.78. The molecular formula is C38H37Cl3N14O6. The maximum Gasteiger partial charge on any atom is 0.324 e. The number of phenols is 1. The standard InChI is InChI=1S/C19H18ClN7O3.C11H9ClN2O.C8H10ClN5O2/c1-9(17(22)28)25-16-8-13(18(23)29)26-19(27-16)30-14-3-2-11(20)7-12(14)10-4-5-24-15(21)6-10;12-8-1-2-10(15)9(6-8)7-3-4-14-11(13)5-7;1-3(6(10)15)12-5-2-4(7(11)16)13-8(9)14-5/h2-9H,1H3,(H2,21,24)(H2,22,28)(H2,23,29)(H,25,26,27);1-6,15H,(H2,13,14);2-3H,1H3,(H2,10,15)(H2,11,16)(H,12,13,14)/t9-;;3-/m0.0/s1. The van der Waals surface area contributed by atoms with E-state index in [2.05, 4.69) is 40.5 Å². The molecule has 0 fully saturated rings. The minimum atomic E-state index is -0.796. The van der Waals surface area contributed by atoms with Crippen LogP contribution in [0.2, 0.25) is 15.3 Å². The summed E-state index contributed by atoms with van der Waals surface area (Å²) in [6.07, 6.45) is 3.14. The first-order chi connectivity index (χ1) is 28.8. The minimum absolute atomic E-state index is 0.0424. The second-order valence-electron chi connectivity index (χ2n) is 12.4. The highest BCUT2D eigenvalue weighted by Gasteiger charge is 2.17. The van der Waals surface area contributed by atoms with Gasteiger partial charge in [0.05, 0.1) is 0 Å². The van der Waals surface area contributed by atoms with Gasteiger partial charge in [-0.15, -0.1) is 0 Å². The average Bonchev–Trinajstić information content (AvgIpc) is 3.19. The molecular weight excluding hydrogens is 855 g/mol. The Bertz CT molecular complexity index is 2590. The van der Waals surface area contributed by atoms with E-state index in [0.29, 0.717) is 44.1 Å². The van der Waals surface area contributed by atoms with Crippen LogP contribution < -0.4 is 49.8 Å². The number of nitrogens with zero attached hydrogens (tertiary/aromatic N) is 6. The summed E-state index contributed by atoms with van der Waals surface area (Å²) in [5, 5.41) is 16.0. The van der Waals surface area contributed by atoms with Gasteiger partial charge in [-0.2, -0.15) is 9.97 Å². The van der Waals surface area contributed by atoms with Crippen LogP contribution in [0.3, 0.4) is 0 Å². The number of hydrogen-bond donors (Lipinski definition) is 9. The maximum absolute atomic E-state index is 11.7. The molecule has 61 heavy (non-hydrogen) atoms. The van der Waals surface area contributed by atoms with Crippen LogP contribution in [0.4, 0.5) is 23.3 Å². The van der Waals surface area contributed by atoms with Crippen molar-refractivity contribution in [3.8, 4) is 39.8 Å². The van der Waals surface area contributed by atoms with Crippen LogP contribution in [0.5, 0.6) is 17.5 Å². The van der Waals surface area contributed by atoms with Crippen molar-refractivity contribution < 1.29 is 29.0 Å². The molecule has 4 aromatic heterocycles. The molecule has 20 nitrogen and oxygen atoms in total. The molecule has 2 aromatic carbocycles. The van der Waals surface area contributed by atoms with Crippen molar-refractivity contribution in [2.24, 2.45) is 22.9 Å². The number of primary amides is 4. The number of hydrogen-bond acceptors (Lipinski definition) is 16. The number of nitrogens with two attached hydrogens (primary N) is 6. The summed E-state index contributed by atoms with van der Waals surface area (Å²) < 4.78 is 5.83. The van der Waals surface area contributed by atoms with E-state index in [9.17, 15) is 24.3 Å². The number of halogens is 3. The molecule has 0 saturated heterocycles. The number of rotatable bonds is 12. The van der Waals surface area contributed by atoms with E-state index in [0.717, 1.165) is 5.56 Å². The number of pyridine rings is 2. The van der Waals surface area contributed by atoms with Crippen molar-refractivity contribution >= 4 is 81.7 Å². The molecule has 0 aliphatic rings. The third kappa shape index (κ3) is 13.8. The van der Waals surface area contributed by atoms with E-state index in [4.69, 9.17) is 73.9 Å². The van der Waals surface area contributed by atoms with E-state index in [1.165, 1.54) is 12.1 Å². The Balaban J connectivity index is 0.000000222. The molecule has 15 N–H and O–H groups in total. The molecule has 23 heteroatoms. The molecule has 0 spiro atoms. The average molecular weight is 892 g/mol. The molecule has 316 valence electrons. The number of carbonyl (C=O) groups excluding carboxylic acids is 4. The van der Waals surface area contributed by atoms with Crippen molar-refractivity contribution in [3.05, 3.63) is 112 Å². The smallest absolute Gasteiger partial charge is 0.324 e. The number of ether oxygens (including phenoxy) is 1. The van der Waals surface area contributed by atoms with Gasteiger partial charge in [0, 0.05) is 45.7 Å². The number of phenolic OH excluding ortho intramolecular Hbond substituents is 1. The molecule has 0 aliphatic heterocycles. The second kappa shape index (κ2) is 20.9. The lowest BCUT2D eigenvalue weighted by Gasteiger charge is -2.14. The van der Waals surface area contributed by atoms with Crippen LogP contribution in [0, 0.1) is 0 Å². The molecule has 4 amide bonds. The largest absolute Gasteiger partial charge is 0.507 e. The summed E-state index contributed by atoms with van der Waals surface area (Å²) in [7, 11) is 0. The number of anilines is 4. The van der Waals surface area contributed by atoms with Gasteiger partial charge >= 0.3 is 6.01 Å². The van der Waals surface area contributed by atoms with Gasteiger partial charge in [0.2, 0.25) is 17.1 Å². The van der Waals surface area contributed by atoms with Crippen LogP contribution in [-0.2, 0) is 9.59 Å². The highest BCUT2D eigenvalue weighted by Crippen LogP contribution is 2.36. The number of nitrogen functional groups attached to an aromatic ring is 2. The number of carbonyl (C=O) groups is 4. The third-order valence-corrected chi connectivity index (χ3v) is 8.42. The fourth-order valence-electron chi connectivity index (χ4n) is 4.76. The van der Waals surface area contributed by atoms with Gasteiger partial charge < -0.3 is 54.9 Å². The minimum Gasteiger partial charge on any atom is -0.507 e. The van der Waals surface area contributed by atoms with Gasteiger partial charge in [-0.05, 0) is 97.2 Å². The fourth-order valence-corrected chi connectivity index (χ4v) is 5.29. The Labute approximate surface area is 362 Å². The van der Waals surface area contributed by atoms with Gasteiger partial charge in [-0.1, -0.05) is 23.2 Å². The molecule has 0 aliphatic carbocycles. The number of aromatic hydroxyl groups is 1. The molecule has 2 atom stereocenters. The quantitative estimate of drug-likeness (QED) is 0.0779. The Morgan fingerprint density at radius 1 is 0.623 bits per heavy atom. The molecule has 0 radical (unpaired) electrons. The van der Waals surface area contributed by atoms with Gasteiger partial charge in [0.1, 0.15) is 58.2 Å². The predicted octanol–water partition coefficient (Wildman–Crippen LogP) is 4.16. The summed E-state index contributed by atoms with van der Waals surface area (Å²) in [5.41, 5.74) is 34.6. The molecule has 0 unspecified atom stereocenters. The zero-order valence-electron chi connectivity index (χ0n) is 32.0. The van der Waals surface area contributed by atoms with Crippen LogP contribution in [0.1, 0.15) is 34.8 Å². The highest BCUT2D eigenvalue weighted by atomic mass is 35.5. The number of benzene rings is 2. The van der Waals surface area contributed by atoms with Crippen LogP contribution in [-0.4, -0.2) is 70.7 Å². The lowest BCUT2D eigenvalue weighted by Crippen LogP contribution is -2.33. The molecule has 6 aromatic rings. The van der Waals surface area contributed by atoms with E-state index in [1.807, 2.05) is 0 Å². The second-order valence-corrected chi connectivity index (χ2v) is 13.6. The molecule has 0 bridgehead atoms. The zero-order chi connectivity index (χ0) is 45.0. The lowest BCUT2D eigenvalue weighted by atomic mass is 10.1. The van der Waals surface area contributed by atoms with E-state index >= 15 is 0 Å². The number of nitrogens with one attached hydrogen (secondary N) is 2. The van der Waals surface area contributed by atoms with Crippen molar-refractivity contribution in [3.63, 3.8) is 0 Å². The van der Waals surface area contributed by atoms with E-state index in [1.54, 1.807) is 86.9 Å². The van der Waals surface area contributed by atoms with Gasteiger partial charge in [0.15, 0.2) is 0 Å². The van der Waals surface area contributed by atoms with Crippen molar-refractivity contribution in [1.29, 1.82) is 0 Å². The SMILES string of the molecule is C[C@H](Nc1cc(C(N)=O)nc(Cl)n1)C(N)=O.C[C@H](Nc1cc(C(N)=O)nc(Oc2ccc(Cl)cc2-c2ccnc(N)c2)n1)C(N)=O.Nc1cc(-c2cc(Cl)ccc2O)ccn1. The van der Waals surface area contributed by atoms with Gasteiger partial charge in [-0.3, -0.25) is 19.2 Å². The Morgan fingerprint density at radius 3 is 1.61 bits per heavy atom. The monoisotopic (exact) mass is 890 g/mol. The lowest BCUT2D eigenvalue weighted by molar-refractivity contribution is -0.119. The Morgan fingerprint density at radius 2 is 1.10 bits per heavy atom. The van der Waals surface area contributed by atoms with Crippen LogP contribution in [0.15, 0.2) is 85.2 Å². The summed E-state index contributed by atoms with van der Waals surface area (Å²) in [6, 6.07) is 17.6. The van der Waals surface area contributed by atoms with Crippen molar-refractivity contribution in [2.75, 3.05) is 22.1 Å². The molecule has 0 saturated carbocycles. The zero-order valence-corrected chi connectivity index (χ0v) is 34.3.